The SMILES string of the molecule is c1ccc(-c2ccccc2C2=NC(c3ccccc3)CO2)cc1. The van der Waals surface area contributed by atoms with Crippen molar-refractivity contribution in [1.29, 1.82) is 0 Å². The van der Waals surface area contributed by atoms with E-state index in [0.717, 1.165) is 17.0 Å². The van der Waals surface area contributed by atoms with Crippen molar-refractivity contribution >= 4 is 5.90 Å². The van der Waals surface area contributed by atoms with Gasteiger partial charge in [-0.25, -0.2) is 4.99 Å². The fraction of sp³-hybridized carbons (Fsp3) is 0.0952. The molecule has 0 spiro atoms. The molecular weight excluding hydrogens is 282 g/mol. The molecule has 0 radical (unpaired) electrons. The standard InChI is InChI=1S/C21H17NO/c1-3-9-16(10-4-1)18-13-7-8-14-19(18)21-22-20(15-23-21)17-11-5-2-6-12-17/h1-14,20H,15H2. The Morgan fingerprint density at radius 2 is 1.30 bits per heavy atom. The van der Waals surface area contributed by atoms with Gasteiger partial charge in [0.05, 0.1) is 0 Å². The van der Waals surface area contributed by atoms with Gasteiger partial charge in [-0.1, -0.05) is 78.9 Å². The molecule has 0 aliphatic carbocycles. The summed E-state index contributed by atoms with van der Waals surface area (Å²) < 4.78 is 5.92. The number of aliphatic imine (C=N–C) groups is 1. The number of nitrogens with zero attached hydrogens (tertiary/aromatic N) is 1. The van der Waals surface area contributed by atoms with E-state index in [1.165, 1.54) is 11.1 Å². The number of ether oxygens (including phenoxy) is 1. The van der Waals surface area contributed by atoms with Crippen LogP contribution in [0.3, 0.4) is 0 Å². The molecule has 1 aliphatic heterocycles. The molecule has 0 amide bonds. The minimum Gasteiger partial charge on any atom is -0.475 e. The zero-order chi connectivity index (χ0) is 15.5. The first-order chi connectivity index (χ1) is 11.4. The Hall–Kier alpha value is -2.87. The molecule has 1 aliphatic rings. The van der Waals surface area contributed by atoms with Crippen molar-refractivity contribution in [3.63, 3.8) is 0 Å². The van der Waals surface area contributed by atoms with Crippen molar-refractivity contribution in [1.82, 2.24) is 0 Å². The lowest BCUT2D eigenvalue weighted by Crippen LogP contribution is -2.03. The van der Waals surface area contributed by atoms with Crippen LogP contribution in [0.5, 0.6) is 0 Å². The molecule has 1 unspecified atom stereocenters. The predicted octanol–water partition coefficient (Wildman–Crippen LogP) is 4.87. The topological polar surface area (TPSA) is 21.6 Å². The van der Waals surface area contributed by atoms with Crippen molar-refractivity contribution < 1.29 is 4.74 Å². The van der Waals surface area contributed by atoms with Gasteiger partial charge >= 0.3 is 0 Å². The zero-order valence-electron chi connectivity index (χ0n) is 12.7. The fourth-order valence-electron chi connectivity index (χ4n) is 2.91. The van der Waals surface area contributed by atoms with Crippen LogP contribution >= 0.6 is 0 Å². The lowest BCUT2D eigenvalue weighted by Gasteiger charge is -2.09. The Kier molecular flexibility index (Phi) is 3.65. The van der Waals surface area contributed by atoms with Crippen LogP contribution in [-0.4, -0.2) is 12.5 Å². The van der Waals surface area contributed by atoms with E-state index in [0.29, 0.717) is 6.61 Å². The maximum absolute atomic E-state index is 5.92. The van der Waals surface area contributed by atoms with Crippen molar-refractivity contribution in [2.24, 2.45) is 4.99 Å². The van der Waals surface area contributed by atoms with Crippen molar-refractivity contribution in [2.45, 2.75) is 6.04 Å². The van der Waals surface area contributed by atoms with Crippen LogP contribution in [0, 0.1) is 0 Å². The van der Waals surface area contributed by atoms with E-state index in [1.54, 1.807) is 0 Å². The number of benzene rings is 3. The van der Waals surface area contributed by atoms with Gasteiger partial charge in [0.25, 0.3) is 0 Å². The molecule has 1 heterocycles. The maximum Gasteiger partial charge on any atom is 0.217 e. The number of hydrogen-bond donors (Lipinski definition) is 0. The third-order valence-electron chi connectivity index (χ3n) is 4.08. The first-order valence-corrected chi connectivity index (χ1v) is 7.82. The molecular formula is C21H17NO. The van der Waals surface area contributed by atoms with Gasteiger partial charge in [0.2, 0.25) is 5.90 Å². The minimum absolute atomic E-state index is 0.0787. The van der Waals surface area contributed by atoms with Gasteiger partial charge in [0.15, 0.2) is 0 Å². The molecule has 2 nitrogen and oxygen atoms in total. The molecule has 2 heteroatoms. The number of hydrogen-bond acceptors (Lipinski definition) is 2. The van der Waals surface area contributed by atoms with Crippen LogP contribution in [-0.2, 0) is 4.74 Å². The predicted molar refractivity (Wildman–Crippen MR) is 93.6 cm³/mol. The van der Waals surface area contributed by atoms with E-state index in [1.807, 2.05) is 30.3 Å². The summed E-state index contributed by atoms with van der Waals surface area (Å²) in [5.74, 6) is 0.735. The Labute approximate surface area is 136 Å². The van der Waals surface area contributed by atoms with Gasteiger partial charge < -0.3 is 4.74 Å². The highest BCUT2D eigenvalue weighted by molar-refractivity contribution is 6.01. The van der Waals surface area contributed by atoms with Crippen LogP contribution in [0.15, 0.2) is 89.9 Å². The maximum atomic E-state index is 5.92. The molecule has 3 aromatic rings. The third kappa shape index (κ3) is 2.76. The average molecular weight is 299 g/mol. The first-order valence-electron chi connectivity index (χ1n) is 7.82. The summed E-state index contributed by atoms with van der Waals surface area (Å²) in [4.78, 5) is 4.81. The van der Waals surface area contributed by atoms with Gasteiger partial charge in [0.1, 0.15) is 12.6 Å². The quantitative estimate of drug-likeness (QED) is 0.676. The molecule has 0 saturated carbocycles. The highest BCUT2D eigenvalue weighted by Gasteiger charge is 2.23. The van der Waals surface area contributed by atoms with Crippen LogP contribution in [0.25, 0.3) is 11.1 Å². The summed E-state index contributed by atoms with van der Waals surface area (Å²) in [7, 11) is 0. The second-order valence-electron chi connectivity index (χ2n) is 5.58. The monoisotopic (exact) mass is 299 g/mol. The lowest BCUT2D eigenvalue weighted by molar-refractivity contribution is 0.320. The van der Waals surface area contributed by atoms with Crippen LogP contribution in [0.1, 0.15) is 17.2 Å². The minimum atomic E-state index is 0.0787. The highest BCUT2D eigenvalue weighted by Crippen LogP contribution is 2.29. The summed E-state index contributed by atoms with van der Waals surface area (Å²) in [6, 6.07) is 29.0. The molecule has 0 bridgehead atoms. The molecule has 112 valence electrons. The molecule has 0 fully saturated rings. The largest absolute Gasteiger partial charge is 0.475 e. The number of rotatable bonds is 3. The van der Waals surface area contributed by atoms with E-state index >= 15 is 0 Å². The Morgan fingerprint density at radius 3 is 2.04 bits per heavy atom. The third-order valence-corrected chi connectivity index (χ3v) is 4.08. The Morgan fingerprint density at radius 1 is 0.696 bits per heavy atom. The molecule has 0 N–H and O–H groups in total. The van der Waals surface area contributed by atoms with Crippen molar-refractivity contribution in [3.8, 4) is 11.1 Å². The summed E-state index contributed by atoms with van der Waals surface area (Å²) in [5.41, 5.74) is 4.58. The average Bonchev–Trinajstić information content (AvgIpc) is 3.13. The van der Waals surface area contributed by atoms with E-state index in [4.69, 9.17) is 9.73 Å². The van der Waals surface area contributed by atoms with Crippen molar-refractivity contribution in [2.75, 3.05) is 6.61 Å². The summed E-state index contributed by atoms with van der Waals surface area (Å²) in [6.45, 7) is 0.600. The van der Waals surface area contributed by atoms with Gasteiger partial charge in [-0.05, 0) is 22.8 Å². The van der Waals surface area contributed by atoms with E-state index in [9.17, 15) is 0 Å². The second kappa shape index (κ2) is 6.09. The highest BCUT2D eigenvalue weighted by atomic mass is 16.5. The molecule has 0 aromatic heterocycles. The molecule has 0 saturated heterocycles. The summed E-state index contributed by atoms with van der Waals surface area (Å²) in [5, 5.41) is 0. The normalized spacial score (nSPS) is 16.7. The van der Waals surface area contributed by atoms with E-state index in [-0.39, 0.29) is 6.04 Å². The fourth-order valence-corrected chi connectivity index (χ4v) is 2.91. The zero-order valence-corrected chi connectivity index (χ0v) is 12.7. The second-order valence-corrected chi connectivity index (χ2v) is 5.58. The van der Waals surface area contributed by atoms with Crippen LogP contribution < -0.4 is 0 Å². The molecule has 4 rings (SSSR count). The van der Waals surface area contributed by atoms with Gasteiger partial charge in [-0.3, -0.25) is 0 Å². The van der Waals surface area contributed by atoms with Gasteiger partial charge in [-0.2, -0.15) is 0 Å². The van der Waals surface area contributed by atoms with E-state index in [2.05, 4.69) is 54.6 Å². The lowest BCUT2D eigenvalue weighted by atomic mass is 10.00. The molecule has 3 aromatic carbocycles. The summed E-state index contributed by atoms with van der Waals surface area (Å²) in [6.07, 6.45) is 0. The van der Waals surface area contributed by atoms with Crippen LogP contribution in [0.2, 0.25) is 0 Å². The van der Waals surface area contributed by atoms with Gasteiger partial charge in [-0.15, -0.1) is 0 Å². The summed E-state index contributed by atoms with van der Waals surface area (Å²) >= 11 is 0. The Bertz CT molecular complexity index is 825. The smallest absolute Gasteiger partial charge is 0.217 e. The van der Waals surface area contributed by atoms with Crippen LogP contribution in [0.4, 0.5) is 0 Å². The van der Waals surface area contributed by atoms with Gasteiger partial charge in [0, 0.05) is 5.56 Å². The molecule has 1 atom stereocenters. The first kappa shape index (κ1) is 13.8. The molecule has 23 heavy (non-hydrogen) atoms. The van der Waals surface area contributed by atoms with Crippen molar-refractivity contribution in [3.05, 3.63) is 96.1 Å². The Balaban J connectivity index is 1.72. The van der Waals surface area contributed by atoms with E-state index < -0.39 is 0 Å².